The highest BCUT2D eigenvalue weighted by Crippen LogP contribution is 2.17. The fraction of sp³-hybridized carbons (Fsp3) is 0.765. The normalized spacial score (nSPS) is 19.7. The van der Waals surface area contributed by atoms with Crippen LogP contribution in [0.5, 0.6) is 0 Å². The Morgan fingerprint density at radius 3 is 2.29 bits per heavy atom. The molecule has 7 heteroatoms. The molecule has 0 radical (unpaired) electrons. The molecule has 0 bridgehead atoms. The minimum Gasteiger partial charge on any atom is -0.353 e. The lowest BCUT2D eigenvalue weighted by molar-refractivity contribution is -0.146. The number of carbonyl (C=O) groups is 3. The van der Waals surface area contributed by atoms with Crippen molar-refractivity contribution in [3.05, 3.63) is 0 Å². The third-order valence-electron chi connectivity index (χ3n) is 4.57. The monoisotopic (exact) mass is 336 g/mol. The smallest absolute Gasteiger partial charge is 0.329 e. The first kappa shape index (κ1) is 18.4. The molecule has 7 nitrogen and oxygen atoms in total. The first-order valence-corrected chi connectivity index (χ1v) is 8.98. The molecule has 1 saturated heterocycles. The number of nitrogens with zero attached hydrogens (tertiary/aromatic N) is 2. The average molecular weight is 336 g/mol. The number of rotatable bonds is 4. The van der Waals surface area contributed by atoms with Crippen molar-refractivity contribution in [2.75, 3.05) is 13.1 Å². The van der Waals surface area contributed by atoms with Gasteiger partial charge in [-0.15, -0.1) is 0 Å². The number of hydrogen-bond acceptors (Lipinski definition) is 4. The van der Waals surface area contributed by atoms with E-state index in [9.17, 15) is 14.4 Å². The van der Waals surface area contributed by atoms with E-state index in [0.29, 0.717) is 18.8 Å². The molecule has 1 aliphatic heterocycles. The molecule has 2 rings (SSSR count). The molecule has 3 amide bonds. The molecule has 0 aromatic heterocycles. The van der Waals surface area contributed by atoms with Crippen molar-refractivity contribution in [3.63, 3.8) is 0 Å². The van der Waals surface area contributed by atoms with Crippen molar-refractivity contribution in [3.8, 4) is 0 Å². The minimum absolute atomic E-state index is 0.0836. The van der Waals surface area contributed by atoms with Crippen LogP contribution in [-0.4, -0.2) is 47.5 Å². The summed E-state index contributed by atoms with van der Waals surface area (Å²) in [5.41, 5.74) is 2.76. The average Bonchev–Trinajstić information content (AvgIpc) is 2.60. The summed E-state index contributed by atoms with van der Waals surface area (Å²) in [5.74, 6) is -1.36. The summed E-state index contributed by atoms with van der Waals surface area (Å²) in [6.45, 7) is 2.92. The lowest BCUT2D eigenvalue weighted by Crippen LogP contribution is -2.44. The van der Waals surface area contributed by atoms with Gasteiger partial charge in [0.2, 0.25) is 5.91 Å². The zero-order valence-corrected chi connectivity index (χ0v) is 14.5. The van der Waals surface area contributed by atoms with E-state index in [0.717, 1.165) is 44.9 Å². The maximum Gasteiger partial charge on any atom is 0.329 e. The molecule has 0 atom stereocenters. The van der Waals surface area contributed by atoms with Gasteiger partial charge in [-0.05, 0) is 39.0 Å². The zero-order valence-electron chi connectivity index (χ0n) is 14.5. The number of hydrazone groups is 1. The Bertz CT molecular complexity index is 492. The summed E-state index contributed by atoms with van der Waals surface area (Å²) in [5, 5.41) is 6.89. The van der Waals surface area contributed by atoms with Gasteiger partial charge >= 0.3 is 11.8 Å². The molecule has 0 aromatic carbocycles. The Labute approximate surface area is 143 Å². The fourth-order valence-corrected chi connectivity index (χ4v) is 3.23. The quantitative estimate of drug-likeness (QED) is 0.461. The molecular weight excluding hydrogens is 308 g/mol. The van der Waals surface area contributed by atoms with Crippen LogP contribution >= 0.6 is 0 Å². The minimum atomic E-state index is -0.732. The zero-order chi connectivity index (χ0) is 17.4. The van der Waals surface area contributed by atoms with E-state index in [1.807, 2.05) is 0 Å². The summed E-state index contributed by atoms with van der Waals surface area (Å²) in [4.78, 5) is 37.3. The molecule has 2 N–H and O–H groups in total. The van der Waals surface area contributed by atoms with E-state index in [2.05, 4.69) is 15.8 Å². The number of likely N-dealkylation sites (tertiary alicyclic amines) is 1. The van der Waals surface area contributed by atoms with Gasteiger partial charge in [0.1, 0.15) is 0 Å². The lowest BCUT2D eigenvalue weighted by atomic mass is 9.95. The second kappa shape index (κ2) is 9.39. The van der Waals surface area contributed by atoms with Gasteiger partial charge in [-0.1, -0.05) is 19.3 Å². The lowest BCUT2D eigenvalue weighted by Gasteiger charge is -2.25. The van der Waals surface area contributed by atoms with Crippen LogP contribution in [0.4, 0.5) is 0 Å². The van der Waals surface area contributed by atoms with Crippen molar-refractivity contribution < 1.29 is 14.4 Å². The molecule has 0 spiro atoms. The van der Waals surface area contributed by atoms with Crippen molar-refractivity contribution in [1.29, 1.82) is 0 Å². The SMILES string of the molecule is CC(CC(=O)NC1CCCCC1)=NNC(=O)C(=O)N1CCCCC1. The Balaban J connectivity index is 1.72. The molecule has 2 aliphatic rings. The summed E-state index contributed by atoms with van der Waals surface area (Å²) in [7, 11) is 0. The topological polar surface area (TPSA) is 90.9 Å². The number of amides is 3. The van der Waals surface area contributed by atoms with E-state index in [4.69, 9.17) is 0 Å². The molecule has 1 heterocycles. The summed E-state index contributed by atoms with van der Waals surface area (Å²) in [6.07, 6.45) is 8.72. The van der Waals surface area contributed by atoms with Crippen LogP contribution in [0.15, 0.2) is 5.10 Å². The standard InChI is InChI=1S/C17H28N4O3/c1-13(12-15(22)18-14-8-4-2-5-9-14)19-20-16(23)17(24)21-10-6-3-7-11-21/h14H,2-12H2,1H3,(H,18,22)(H,20,23). The first-order valence-electron chi connectivity index (χ1n) is 8.98. The third kappa shape index (κ3) is 5.94. The second-order valence-corrected chi connectivity index (χ2v) is 6.72. The highest BCUT2D eigenvalue weighted by molar-refractivity contribution is 6.35. The van der Waals surface area contributed by atoms with Crippen LogP contribution in [0.1, 0.15) is 64.7 Å². The van der Waals surface area contributed by atoms with E-state index >= 15 is 0 Å². The van der Waals surface area contributed by atoms with Crippen LogP contribution in [0.2, 0.25) is 0 Å². The molecule has 1 saturated carbocycles. The van der Waals surface area contributed by atoms with Crippen LogP contribution < -0.4 is 10.7 Å². The maximum atomic E-state index is 12.0. The largest absolute Gasteiger partial charge is 0.353 e. The first-order chi connectivity index (χ1) is 11.6. The maximum absolute atomic E-state index is 12.0. The van der Waals surface area contributed by atoms with Crippen LogP contribution in [0.3, 0.4) is 0 Å². The van der Waals surface area contributed by atoms with Crippen LogP contribution in [0.25, 0.3) is 0 Å². The molecule has 24 heavy (non-hydrogen) atoms. The third-order valence-corrected chi connectivity index (χ3v) is 4.57. The fourth-order valence-electron chi connectivity index (χ4n) is 3.23. The van der Waals surface area contributed by atoms with Gasteiger partial charge in [-0.2, -0.15) is 5.10 Å². The van der Waals surface area contributed by atoms with Crippen molar-refractivity contribution in [2.24, 2.45) is 5.10 Å². The van der Waals surface area contributed by atoms with Crippen molar-refractivity contribution in [1.82, 2.24) is 15.6 Å². The van der Waals surface area contributed by atoms with Crippen LogP contribution in [0, 0.1) is 0 Å². The van der Waals surface area contributed by atoms with Gasteiger partial charge in [0, 0.05) is 24.8 Å². The number of hydrogen-bond donors (Lipinski definition) is 2. The van der Waals surface area contributed by atoms with E-state index in [1.54, 1.807) is 11.8 Å². The highest BCUT2D eigenvalue weighted by Gasteiger charge is 2.23. The van der Waals surface area contributed by atoms with Crippen molar-refractivity contribution in [2.45, 2.75) is 70.8 Å². The molecular formula is C17H28N4O3. The molecule has 2 fully saturated rings. The summed E-state index contributed by atoms with van der Waals surface area (Å²) in [6, 6.07) is 0.259. The van der Waals surface area contributed by atoms with Gasteiger partial charge in [-0.25, -0.2) is 5.43 Å². The second-order valence-electron chi connectivity index (χ2n) is 6.72. The van der Waals surface area contributed by atoms with E-state index < -0.39 is 11.8 Å². The number of nitrogens with one attached hydrogen (secondary N) is 2. The number of carbonyl (C=O) groups excluding carboxylic acids is 3. The van der Waals surface area contributed by atoms with Gasteiger partial charge in [0.15, 0.2) is 0 Å². The van der Waals surface area contributed by atoms with Gasteiger partial charge in [0.25, 0.3) is 0 Å². The van der Waals surface area contributed by atoms with Crippen molar-refractivity contribution >= 4 is 23.4 Å². The van der Waals surface area contributed by atoms with Gasteiger partial charge < -0.3 is 10.2 Å². The molecule has 1 aliphatic carbocycles. The predicted molar refractivity (Wildman–Crippen MR) is 91.3 cm³/mol. The highest BCUT2D eigenvalue weighted by atomic mass is 16.2. The number of piperidine rings is 1. The summed E-state index contributed by atoms with van der Waals surface area (Å²) >= 11 is 0. The Hall–Kier alpha value is -1.92. The Morgan fingerprint density at radius 2 is 1.62 bits per heavy atom. The molecule has 134 valence electrons. The summed E-state index contributed by atoms with van der Waals surface area (Å²) < 4.78 is 0. The van der Waals surface area contributed by atoms with E-state index in [1.165, 1.54) is 6.42 Å². The van der Waals surface area contributed by atoms with Gasteiger partial charge in [0.05, 0.1) is 6.42 Å². The van der Waals surface area contributed by atoms with E-state index in [-0.39, 0.29) is 18.4 Å². The predicted octanol–water partition coefficient (Wildman–Crippen LogP) is 1.33. The van der Waals surface area contributed by atoms with Gasteiger partial charge in [-0.3, -0.25) is 14.4 Å². The molecule has 0 aromatic rings. The Kier molecular flexibility index (Phi) is 7.21. The molecule has 0 unspecified atom stereocenters. The Morgan fingerprint density at radius 1 is 1.00 bits per heavy atom. The van der Waals surface area contributed by atoms with Crippen LogP contribution in [-0.2, 0) is 14.4 Å².